The molecule has 0 saturated heterocycles. The summed E-state index contributed by atoms with van der Waals surface area (Å²) < 4.78 is 5.80. The predicted molar refractivity (Wildman–Crippen MR) is 193 cm³/mol. The molecule has 5 amide bonds. The number of urea groups is 1. The number of nitrogens with one attached hydrogen (secondary N) is 3. The molecule has 0 saturated carbocycles. The summed E-state index contributed by atoms with van der Waals surface area (Å²) in [5, 5.41) is 17.1. The first-order valence-corrected chi connectivity index (χ1v) is 16.0. The van der Waals surface area contributed by atoms with Gasteiger partial charge in [-0.15, -0.1) is 0 Å². The van der Waals surface area contributed by atoms with Gasteiger partial charge >= 0.3 is 12.0 Å². The molecule has 0 spiro atoms. The molecular weight excluding hydrogens is 638 g/mol. The number of likely N-dealkylation sites (N-methyl/N-ethyl adjacent to an activating group) is 1. The van der Waals surface area contributed by atoms with Gasteiger partial charge in [0, 0.05) is 35.9 Å². The third-order valence-corrected chi connectivity index (χ3v) is 7.80. The lowest BCUT2D eigenvalue weighted by atomic mass is 10.0. The number of rotatable bonds is 14. The molecule has 12 nitrogen and oxygen atoms in total. The molecule has 0 atom stereocenters. The van der Waals surface area contributed by atoms with E-state index < -0.39 is 30.4 Å². The van der Waals surface area contributed by atoms with E-state index in [-0.39, 0.29) is 25.5 Å². The summed E-state index contributed by atoms with van der Waals surface area (Å²) in [7, 11) is 1.60. The van der Waals surface area contributed by atoms with Gasteiger partial charge in [-0.1, -0.05) is 49.4 Å². The monoisotopic (exact) mass is 679 g/mol. The van der Waals surface area contributed by atoms with Crippen molar-refractivity contribution in [2.45, 2.75) is 33.6 Å². The molecule has 260 valence electrons. The number of amides is 5. The van der Waals surface area contributed by atoms with Gasteiger partial charge in [-0.25, -0.2) is 4.79 Å². The maximum Gasteiger partial charge on any atom is 0.319 e. The van der Waals surface area contributed by atoms with E-state index in [0.29, 0.717) is 28.4 Å². The van der Waals surface area contributed by atoms with Gasteiger partial charge in [0.2, 0.25) is 11.8 Å². The van der Waals surface area contributed by atoms with Gasteiger partial charge in [0.25, 0.3) is 5.91 Å². The molecule has 12 heteroatoms. The number of ether oxygens (including phenoxy) is 1. The normalized spacial score (nSPS) is 10.5. The summed E-state index contributed by atoms with van der Waals surface area (Å²) in [5.41, 5.74) is 5.67. The molecule has 4 rings (SSSR count). The van der Waals surface area contributed by atoms with Crippen molar-refractivity contribution in [1.29, 1.82) is 0 Å². The van der Waals surface area contributed by atoms with Crippen LogP contribution >= 0.6 is 0 Å². The average Bonchev–Trinajstić information content (AvgIpc) is 3.08. The topological polar surface area (TPSA) is 157 Å². The summed E-state index contributed by atoms with van der Waals surface area (Å²) in [5.74, 6) is -2.05. The van der Waals surface area contributed by atoms with Crippen molar-refractivity contribution < 1.29 is 33.8 Å². The number of aliphatic carboxylic acids is 1. The fourth-order valence-corrected chi connectivity index (χ4v) is 5.38. The minimum atomic E-state index is -1.01. The lowest BCUT2D eigenvalue weighted by Crippen LogP contribution is -2.46. The summed E-state index contributed by atoms with van der Waals surface area (Å²) in [6.07, 6.45) is 0.541. The Bertz CT molecular complexity index is 1860. The number of benzene rings is 4. The van der Waals surface area contributed by atoms with Crippen molar-refractivity contribution in [1.82, 2.24) is 5.32 Å². The summed E-state index contributed by atoms with van der Waals surface area (Å²) in [6.45, 7) is 4.87. The number of aryl methyl sites for hydroxylation is 2. The fraction of sp³-hybridized carbons (Fsp3) is 0.237. The predicted octanol–water partition coefficient (Wildman–Crippen LogP) is 5.33. The summed E-state index contributed by atoms with van der Waals surface area (Å²) in [4.78, 5) is 66.3. The van der Waals surface area contributed by atoms with E-state index in [2.05, 4.69) is 22.0 Å². The minimum absolute atomic E-state index is 0.213. The first-order valence-electron chi connectivity index (χ1n) is 16.0. The zero-order chi connectivity index (χ0) is 36.2. The quantitative estimate of drug-likeness (QED) is 0.140. The van der Waals surface area contributed by atoms with Crippen LogP contribution < -0.4 is 30.5 Å². The van der Waals surface area contributed by atoms with Crippen LogP contribution in [0.15, 0.2) is 91.0 Å². The van der Waals surface area contributed by atoms with E-state index in [1.807, 2.05) is 32.9 Å². The highest BCUT2D eigenvalue weighted by atomic mass is 16.5. The number of hydrogen-bond donors (Lipinski definition) is 4. The van der Waals surface area contributed by atoms with Crippen LogP contribution in [0.25, 0.3) is 0 Å². The zero-order valence-corrected chi connectivity index (χ0v) is 28.5. The molecule has 0 aliphatic carbocycles. The Kier molecular flexibility index (Phi) is 12.7. The van der Waals surface area contributed by atoms with E-state index in [1.54, 1.807) is 73.8 Å². The standard InChI is InChI=1S/C38H41N5O7/c1-5-32-26(3)17-25(2)18-33(32)41-34(44)24-50-31-16-10-15-30(21-31)43(23-36(46)42(4)29-13-7-6-8-14-29)35(45)22-39-38(49)40-28-12-9-11-27(19-28)20-37(47)48/h6-19,21H,5,20,22-24H2,1-4H3,(H,41,44)(H,47,48)(H2,39,40,49). The van der Waals surface area contributed by atoms with Crippen LogP contribution in [0.1, 0.15) is 29.2 Å². The largest absolute Gasteiger partial charge is 0.484 e. The number of carboxylic acids is 1. The second kappa shape index (κ2) is 17.3. The molecule has 4 aromatic rings. The maximum atomic E-state index is 13.6. The van der Waals surface area contributed by atoms with Gasteiger partial charge in [-0.2, -0.15) is 0 Å². The van der Waals surface area contributed by atoms with Crippen molar-refractivity contribution >= 4 is 52.5 Å². The molecule has 4 N–H and O–H groups in total. The highest BCUT2D eigenvalue weighted by Crippen LogP contribution is 2.24. The number of hydrogen-bond acceptors (Lipinski definition) is 6. The Balaban J connectivity index is 1.47. The van der Waals surface area contributed by atoms with Gasteiger partial charge in [0.05, 0.1) is 13.0 Å². The Hall–Kier alpha value is -6.17. The Morgan fingerprint density at radius 3 is 2.24 bits per heavy atom. The first-order chi connectivity index (χ1) is 23.9. The first kappa shape index (κ1) is 36.7. The lowest BCUT2D eigenvalue weighted by molar-refractivity contribution is -0.136. The molecule has 0 heterocycles. The van der Waals surface area contributed by atoms with Crippen LogP contribution in [0, 0.1) is 13.8 Å². The van der Waals surface area contributed by atoms with Gasteiger partial charge < -0.3 is 35.6 Å². The summed E-state index contributed by atoms with van der Waals surface area (Å²) in [6, 6.07) is 25.0. The molecule has 50 heavy (non-hydrogen) atoms. The molecule has 0 aromatic heterocycles. The van der Waals surface area contributed by atoms with Crippen LogP contribution in [-0.4, -0.2) is 61.6 Å². The minimum Gasteiger partial charge on any atom is -0.484 e. The Morgan fingerprint density at radius 1 is 0.800 bits per heavy atom. The van der Waals surface area contributed by atoms with Gasteiger partial charge in [-0.3, -0.25) is 19.2 Å². The summed E-state index contributed by atoms with van der Waals surface area (Å²) >= 11 is 0. The van der Waals surface area contributed by atoms with Crippen molar-refractivity contribution in [2.24, 2.45) is 0 Å². The van der Waals surface area contributed by atoms with E-state index in [9.17, 15) is 24.0 Å². The van der Waals surface area contributed by atoms with E-state index in [0.717, 1.165) is 28.8 Å². The van der Waals surface area contributed by atoms with Crippen LogP contribution in [0.4, 0.5) is 27.5 Å². The van der Waals surface area contributed by atoms with E-state index in [1.165, 1.54) is 15.9 Å². The number of anilines is 4. The molecule has 0 aliphatic heterocycles. The Morgan fingerprint density at radius 2 is 1.52 bits per heavy atom. The van der Waals surface area contributed by atoms with Gasteiger partial charge in [0.1, 0.15) is 12.3 Å². The van der Waals surface area contributed by atoms with Crippen LogP contribution in [0.5, 0.6) is 5.75 Å². The third kappa shape index (κ3) is 10.4. The number of carbonyl (C=O) groups is 5. The molecule has 0 aliphatic rings. The second-order valence-corrected chi connectivity index (χ2v) is 11.6. The number of para-hydroxylation sites is 1. The van der Waals surface area contributed by atoms with Crippen LogP contribution in [0.2, 0.25) is 0 Å². The molecule has 0 unspecified atom stereocenters. The third-order valence-electron chi connectivity index (χ3n) is 7.80. The average molecular weight is 680 g/mol. The van der Waals surface area contributed by atoms with Gasteiger partial charge in [-0.05, 0) is 85.0 Å². The van der Waals surface area contributed by atoms with Crippen molar-refractivity contribution in [2.75, 3.05) is 47.2 Å². The van der Waals surface area contributed by atoms with Crippen molar-refractivity contribution in [3.63, 3.8) is 0 Å². The van der Waals surface area contributed by atoms with Gasteiger partial charge in [0.15, 0.2) is 6.61 Å². The van der Waals surface area contributed by atoms with Crippen LogP contribution in [0.3, 0.4) is 0 Å². The fourth-order valence-electron chi connectivity index (χ4n) is 5.38. The maximum absolute atomic E-state index is 13.6. The number of carboxylic acid groups (broad SMARTS) is 1. The molecule has 0 radical (unpaired) electrons. The molecule has 0 fully saturated rings. The molecule has 4 aromatic carbocycles. The lowest BCUT2D eigenvalue weighted by Gasteiger charge is -2.26. The number of nitrogens with zero attached hydrogens (tertiary/aromatic N) is 2. The van der Waals surface area contributed by atoms with Crippen molar-refractivity contribution in [3.05, 3.63) is 113 Å². The second-order valence-electron chi connectivity index (χ2n) is 11.6. The highest BCUT2D eigenvalue weighted by molar-refractivity contribution is 6.05. The Labute approximate surface area is 291 Å². The SMILES string of the molecule is CCc1c(C)cc(C)cc1NC(=O)COc1cccc(N(CC(=O)N(C)c2ccccc2)C(=O)CNC(=O)Nc2cccc(CC(=O)O)c2)c1. The van der Waals surface area contributed by atoms with Crippen molar-refractivity contribution in [3.8, 4) is 5.75 Å². The molecular formula is C38H41N5O7. The van der Waals surface area contributed by atoms with E-state index >= 15 is 0 Å². The smallest absolute Gasteiger partial charge is 0.319 e. The highest BCUT2D eigenvalue weighted by Gasteiger charge is 2.23. The number of carbonyl (C=O) groups excluding carboxylic acids is 4. The molecule has 0 bridgehead atoms. The zero-order valence-electron chi connectivity index (χ0n) is 28.5. The van der Waals surface area contributed by atoms with Crippen LogP contribution in [-0.2, 0) is 32.0 Å². The van der Waals surface area contributed by atoms with E-state index in [4.69, 9.17) is 9.84 Å².